The Balaban J connectivity index is 2.94. The van der Waals surface area contributed by atoms with Crippen molar-refractivity contribution < 1.29 is 5.21 Å². The molecule has 0 amide bonds. The Kier molecular flexibility index (Phi) is 3.33. The van der Waals surface area contributed by atoms with E-state index in [4.69, 9.17) is 16.7 Å². The quantitative estimate of drug-likeness (QED) is 0.468. The van der Waals surface area contributed by atoms with Crippen LogP contribution in [0.5, 0.6) is 0 Å². The van der Waals surface area contributed by atoms with Gasteiger partial charge in [-0.3, -0.25) is 4.99 Å². The van der Waals surface area contributed by atoms with E-state index < -0.39 is 0 Å². The minimum atomic E-state index is -0.0553. The first kappa shape index (κ1) is 10.4. The van der Waals surface area contributed by atoms with Crippen LogP contribution in [0.2, 0.25) is 0 Å². The Labute approximate surface area is 81.9 Å². The van der Waals surface area contributed by atoms with E-state index in [-0.39, 0.29) is 11.8 Å². The van der Waals surface area contributed by atoms with Crippen molar-refractivity contribution in [2.45, 2.75) is 19.8 Å². The lowest BCUT2D eigenvalue weighted by Gasteiger charge is -2.03. The van der Waals surface area contributed by atoms with Crippen LogP contribution < -0.4 is 17.0 Å². The number of nitrogens with two attached hydrogens (primary N) is 2. The number of nitrogen functional groups attached to an aromatic ring is 2. The van der Waals surface area contributed by atoms with Gasteiger partial charge in [0.1, 0.15) is 5.82 Å². The van der Waals surface area contributed by atoms with E-state index in [1.54, 1.807) is 0 Å². The van der Waals surface area contributed by atoms with Gasteiger partial charge in [-0.1, -0.05) is 13.3 Å². The van der Waals surface area contributed by atoms with Crippen LogP contribution in [-0.2, 0) is 0 Å². The third-order valence-electron chi connectivity index (χ3n) is 1.75. The van der Waals surface area contributed by atoms with Gasteiger partial charge >= 0.3 is 0 Å². The van der Waals surface area contributed by atoms with Crippen molar-refractivity contribution in [3.05, 3.63) is 11.6 Å². The number of anilines is 2. The zero-order chi connectivity index (χ0) is 10.6. The Bertz CT molecular complexity index is 344. The highest BCUT2D eigenvalue weighted by atomic mass is 16.5. The zero-order valence-corrected chi connectivity index (χ0v) is 8.14. The molecule has 5 N–H and O–H groups in total. The first-order chi connectivity index (χ1) is 6.65. The minimum Gasteiger partial charge on any atom is -0.424 e. The second-order valence-electron chi connectivity index (χ2n) is 2.94. The lowest BCUT2D eigenvalue weighted by molar-refractivity contribution is 0.194. The molecule has 0 unspecified atom stereocenters. The van der Waals surface area contributed by atoms with Gasteiger partial charge in [-0.25, -0.2) is 0 Å². The molecule has 1 rings (SSSR count). The van der Waals surface area contributed by atoms with Gasteiger partial charge in [0.05, 0.1) is 0 Å². The monoisotopic (exact) mass is 197 g/mol. The number of aromatic nitrogens is 2. The summed E-state index contributed by atoms with van der Waals surface area (Å²) in [5.74, 6) is 0.0768. The van der Waals surface area contributed by atoms with E-state index in [2.05, 4.69) is 16.9 Å². The van der Waals surface area contributed by atoms with Gasteiger partial charge in [0.2, 0.25) is 5.95 Å². The summed E-state index contributed by atoms with van der Waals surface area (Å²) in [6.45, 7) is 2.77. The lowest BCUT2D eigenvalue weighted by Crippen LogP contribution is -2.19. The van der Waals surface area contributed by atoms with Gasteiger partial charge in [0.15, 0.2) is 5.49 Å². The third kappa shape index (κ3) is 2.38. The van der Waals surface area contributed by atoms with Crippen molar-refractivity contribution in [1.82, 2.24) is 9.71 Å². The summed E-state index contributed by atoms with van der Waals surface area (Å²) in [5, 5.41) is 9.16. The number of unbranched alkanes of at least 4 members (excludes halogenated alkanes) is 1. The SMILES string of the molecule is CCCCN=c1cc(N)n(O)c(N)n1. The molecule has 1 heterocycles. The van der Waals surface area contributed by atoms with Crippen LogP contribution >= 0.6 is 0 Å². The molecule has 0 aliphatic rings. The molecule has 0 aliphatic carbocycles. The van der Waals surface area contributed by atoms with E-state index in [1.807, 2.05) is 0 Å². The Morgan fingerprint density at radius 3 is 2.86 bits per heavy atom. The van der Waals surface area contributed by atoms with Gasteiger partial charge in [0.25, 0.3) is 0 Å². The van der Waals surface area contributed by atoms with Crippen LogP contribution in [0.15, 0.2) is 11.1 Å². The van der Waals surface area contributed by atoms with Crippen molar-refractivity contribution >= 4 is 11.8 Å². The van der Waals surface area contributed by atoms with E-state index in [1.165, 1.54) is 6.07 Å². The zero-order valence-electron chi connectivity index (χ0n) is 8.14. The topological polar surface area (TPSA) is 102 Å². The molecule has 0 atom stereocenters. The van der Waals surface area contributed by atoms with Crippen molar-refractivity contribution in [2.24, 2.45) is 4.99 Å². The summed E-state index contributed by atoms with van der Waals surface area (Å²) in [6.07, 6.45) is 2.07. The molecule has 14 heavy (non-hydrogen) atoms. The average molecular weight is 197 g/mol. The second-order valence-corrected chi connectivity index (χ2v) is 2.94. The van der Waals surface area contributed by atoms with Crippen LogP contribution in [0.4, 0.5) is 11.8 Å². The standard InChI is InChI=1S/C8H15N5O/c1-2-3-4-11-7-5-6(9)13(14)8(10)12-7/h5,14H,2-4,9H2,1H3,(H2,10,11,12). The molecule has 78 valence electrons. The van der Waals surface area contributed by atoms with Crippen molar-refractivity contribution in [3.8, 4) is 0 Å². The normalized spacial score (nSPS) is 11.9. The maximum atomic E-state index is 9.16. The number of hydrogen-bond donors (Lipinski definition) is 3. The predicted octanol–water partition coefficient (Wildman–Crippen LogP) is -0.0144. The predicted molar refractivity (Wildman–Crippen MR) is 53.6 cm³/mol. The fraction of sp³-hybridized carbons (Fsp3) is 0.500. The second kappa shape index (κ2) is 4.50. The summed E-state index contributed by atoms with van der Waals surface area (Å²) in [4.78, 5) is 8.01. The molecule has 0 aromatic carbocycles. The van der Waals surface area contributed by atoms with E-state index in [0.29, 0.717) is 16.8 Å². The van der Waals surface area contributed by atoms with Crippen LogP contribution in [-0.4, -0.2) is 21.5 Å². The molecule has 0 fully saturated rings. The highest BCUT2D eigenvalue weighted by Gasteiger charge is 1.99. The number of rotatable bonds is 3. The highest BCUT2D eigenvalue weighted by molar-refractivity contribution is 5.33. The molecule has 6 heteroatoms. The number of nitrogens with zero attached hydrogens (tertiary/aromatic N) is 3. The van der Waals surface area contributed by atoms with Crippen molar-refractivity contribution in [1.29, 1.82) is 0 Å². The summed E-state index contributed by atoms with van der Waals surface area (Å²) in [5.41, 5.74) is 11.3. The lowest BCUT2D eigenvalue weighted by atomic mass is 10.3. The van der Waals surface area contributed by atoms with E-state index in [0.717, 1.165) is 12.8 Å². The first-order valence-electron chi connectivity index (χ1n) is 4.50. The first-order valence-corrected chi connectivity index (χ1v) is 4.50. The van der Waals surface area contributed by atoms with Gasteiger partial charge < -0.3 is 16.7 Å². The van der Waals surface area contributed by atoms with E-state index >= 15 is 0 Å². The van der Waals surface area contributed by atoms with Crippen LogP contribution in [0.3, 0.4) is 0 Å². The average Bonchev–Trinajstić information content (AvgIpc) is 2.14. The molecule has 0 bridgehead atoms. The number of hydrogen-bond acceptors (Lipinski definition) is 5. The fourth-order valence-corrected chi connectivity index (χ4v) is 0.955. The molecule has 0 spiro atoms. The fourth-order valence-electron chi connectivity index (χ4n) is 0.955. The Morgan fingerprint density at radius 1 is 1.57 bits per heavy atom. The van der Waals surface area contributed by atoms with Gasteiger partial charge in [-0.05, 0) is 6.42 Å². The summed E-state index contributed by atoms with van der Waals surface area (Å²) in [7, 11) is 0. The van der Waals surface area contributed by atoms with Crippen molar-refractivity contribution in [2.75, 3.05) is 18.0 Å². The Hall–Kier alpha value is -1.72. The summed E-state index contributed by atoms with van der Waals surface area (Å²) < 4.78 is 0.624. The molecule has 0 radical (unpaired) electrons. The molecular formula is C8H15N5O. The van der Waals surface area contributed by atoms with Gasteiger partial charge in [0, 0.05) is 12.6 Å². The molecular weight excluding hydrogens is 182 g/mol. The maximum absolute atomic E-state index is 9.16. The van der Waals surface area contributed by atoms with Crippen LogP contribution in [0, 0.1) is 0 Å². The molecule has 1 aromatic rings. The molecule has 0 saturated heterocycles. The third-order valence-corrected chi connectivity index (χ3v) is 1.75. The molecule has 6 nitrogen and oxygen atoms in total. The Morgan fingerprint density at radius 2 is 2.29 bits per heavy atom. The summed E-state index contributed by atoms with van der Waals surface area (Å²) in [6, 6.07) is 1.48. The van der Waals surface area contributed by atoms with Gasteiger partial charge in [-0.2, -0.15) is 4.98 Å². The molecule has 1 aromatic heterocycles. The minimum absolute atomic E-state index is 0.0553. The largest absolute Gasteiger partial charge is 0.424 e. The highest BCUT2D eigenvalue weighted by Crippen LogP contribution is 1.98. The smallest absolute Gasteiger partial charge is 0.238 e. The van der Waals surface area contributed by atoms with Crippen LogP contribution in [0.25, 0.3) is 0 Å². The molecule has 0 aliphatic heterocycles. The maximum Gasteiger partial charge on any atom is 0.238 e. The molecule has 0 saturated carbocycles. The van der Waals surface area contributed by atoms with Crippen molar-refractivity contribution in [3.63, 3.8) is 0 Å². The van der Waals surface area contributed by atoms with E-state index in [9.17, 15) is 0 Å². The van der Waals surface area contributed by atoms with Gasteiger partial charge in [-0.15, -0.1) is 4.73 Å². The summed E-state index contributed by atoms with van der Waals surface area (Å²) >= 11 is 0. The van der Waals surface area contributed by atoms with Crippen LogP contribution in [0.1, 0.15) is 19.8 Å².